The van der Waals surface area contributed by atoms with Crippen LogP contribution in [0.5, 0.6) is 0 Å². The maximum absolute atomic E-state index is 11.2. The van der Waals surface area contributed by atoms with Crippen molar-refractivity contribution < 1.29 is 14.6 Å². The van der Waals surface area contributed by atoms with Crippen molar-refractivity contribution >= 4 is 17.6 Å². The van der Waals surface area contributed by atoms with Gasteiger partial charge in [-0.3, -0.25) is 0 Å². The Hall–Kier alpha value is -1.06. The summed E-state index contributed by atoms with van der Waals surface area (Å²) in [5, 5.41) is 9.80. The molecule has 0 saturated heterocycles. The van der Waals surface area contributed by atoms with Crippen LogP contribution in [0.25, 0.3) is 0 Å². The van der Waals surface area contributed by atoms with Crippen molar-refractivity contribution in [2.75, 3.05) is 6.61 Å². The van der Waals surface area contributed by atoms with E-state index in [1.165, 1.54) is 0 Å². The van der Waals surface area contributed by atoms with E-state index in [1.807, 2.05) is 32.9 Å². The molecule has 1 aromatic carbocycles. The van der Waals surface area contributed by atoms with E-state index in [0.717, 1.165) is 11.1 Å². The molecule has 0 saturated carbocycles. The average Bonchev–Trinajstić information content (AvgIpc) is 2.29. The van der Waals surface area contributed by atoms with E-state index in [9.17, 15) is 4.79 Å². The minimum Gasteiger partial charge on any atom is -0.479 e. The lowest BCUT2D eigenvalue weighted by Crippen LogP contribution is -2.28. The molecular formula is C14H19ClO3. The number of ether oxygens (including phenoxy) is 1. The molecule has 0 radical (unpaired) electrons. The topological polar surface area (TPSA) is 46.5 Å². The minimum absolute atomic E-state index is 0.312. The highest BCUT2D eigenvalue weighted by molar-refractivity contribution is 6.31. The van der Waals surface area contributed by atoms with Gasteiger partial charge >= 0.3 is 5.97 Å². The Kier molecular flexibility index (Phi) is 5.63. The fraction of sp³-hybridized carbons (Fsp3) is 0.500. The summed E-state index contributed by atoms with van der Waals surface area (Å²) in [5.74, 6) is -0.623. The zero-order valence-electron chi connectivity index (χ0n) is 10.9. The Morgan fingerprint density at radius 1 is 1.44 bits per heavy atom. The summed E-state index contributed by atoms with van der Waals surface area (Å²) in [7, 11) is 0. The summed E-state index contributed by atoms with van der Waals surface area (Å²) in [6.45, 7) is 6.31. The van der Waals surface area contributed by atoms with Crippen LogP contribution in [-0.4, -0.2) is 23.8 Å². The summed E-state index contributed by atoms with van der Waals surface area (Å²) in [4.78, 5) is 11.2. The smallest absolute Gasteiger partial charge is 0.333 e. The van der Waals surface area contributed by atoms with Crippen molar-refractivity contribution in [2.45, 2.75) is 33.3 Å². The number of aliphatic carboxylic acids is 1. The third kappa shape index (κ3) is 4.31. The normalized spacial score (nSPS) is 12.7. The zero-order valence-corrected chi connectivity index (χ0v) is 11.7. The van der Waals surface area contributed by atoms with Gasteiger partial charge in [0.1, 0.15) is 0 Å². The molecule has 0 spiro atoms. The van der Waals surface area contributed by atoms with Crippen LogP contribution in [0.15, 0.2) is 18.2 Å². The Morgan fingerprint density at radius 3 is 2.67 bits per heavy atom. The number of carboxylic acids is 1. The maximum Gasteiger partial charge on any atom is 0.333 e. The van der Waals surface area contributed by atoms with Gasteiger partial charge in [-0.2, -0.15) is 0 Å². The van der Waals surface area contributed by atoms with Crippen molar-refractivity contribution in [1.29, 1.82) is 0 Å². The number of hydrogen-bond acceptors (Lipinski definition) is 2. The molecule has 0 aliphatic carbocycles. The van der Waals surface area contributed by atoms with Crippen LogP contribution in [0, 0.1) is 12.8 Å². The summed E-state index contributed by atoms with van der Waals surface area (Å²) in [6, 6.07) is 5.51. The van der Waals surface area contributed by atoms with Crippen molar-refractivity contribution in [3.8, 4) is 0 Å². The standard InChI is InChI=1S/C14H19ClO3/c1-9(2)8-18-13(14(16)17)7-11-5-4-6-12(15)10(11)3/h4-6,9,13H,7-8H2,1-3H3,(H,16,17)/t13-/m0/s1. The highest BCUT2D eigenvalue weighted by Gasteiger charge is 2.20. The molecule has 0 heterocycles. The molecule has 0 aromatic heterocycles. The van der Waals surface area contributed by atoms with Crippen LogP contribution in [0.4, 0.5) is 0 Å². The molecule has 0 amide bonds. The van der Waals surface area contributed by atoms with Crippen LogP contribution in [0.2, 0.25) is 5.02 Å². The fourth-order valence-electron chi connectivity index (χ4n) is 1.60. The van der Waals surface area contributed by atoms with Crippen molar-refractivity contribution in [3.63, 3.8) is 0 Å². The van der Waals surface area contributed by atoms with Crippen molar-refractivity contribution in [3.05, 3.63) is 34.3 Å². The van der Waals surface area contributed by atoms with E-state index >= 15 is 0 Å². The Labute approximate surface area is 113 Å². The van der Waals surface area contributed by atoms with Crippen LogP contribution in [0.3, 0.4) is 0 Å². The first kappa shape index (κ1) is 15.0. The maximum atomic E-state index is 11.2. The van der Waals surface area contributed by atoms with Crippen LogP contribution in [-0.2, 0) is 16.0 Å². The van der Waals surface area contributed by atoms with Gasteiger partial charge in [0.15, 0.2) is 6.10 Å². The third-order valence-electron chi connectivity index (χ3n) is 2.69. The fourth-order valence-corrected chi connectivity index (χ4v) is 1.79. The molecule has 0 aliphatic heterocycles. The third-order valence-corrected chi connectivity index (χ3v) is 3.10. The van der Waals surface area contributed by atoms with Gasteiger partial charge in [0.05, 0.1) is 6.61 Å². The first-order chi connectivity index (χ1) is 8.41. The molecule has 0 aliphatic rings. The lowest BCUT2D eigenvalue weighted by Gasteiger charge is -2.16. The highest BCUT2D eigenvalue weighted by Crippen LogP contribution is 2.20. The monoisotopic (exact) mass is 270 g/mol. The molecular weight excluding hydrogens is 252 g/mol. The summed E-state index contributed by atoms with van der Waals surface area (Å²) in [5.41, 5.74) is 1.83. The summed E-state index contributed by atoms with van der Waals surface area (Å²) in [6.07, 6.45) is -0.474. The van der Waals surface area contributed by atoms with Crippen molar-refractivity contribution in [2.24, 2.45) is 5.92 Å². The lowest BCUT2D eigenvalue weighted by atomic mass is 10.0. The average molecular weight is 271 g/mol. The zero-order chi connectivity index (χ0) is 13.7. The Morgan fingerprint density at radius 2 is 2.11 bits per heavy atom. The molecule has 0 fully saturated rings. The molecule has 3 nitrogen and oxygen atoms in total. The lowest BCUT2D eigenvalue weighted by molar-refractivity contribution is -0.150. The molecule has 100 valence electrons. The predicted molar refractivity (Wildman–Crippen MR) is 72.1 cm³/mol. The number of carbonyl (C=O) groups is 1. The van der Waals surface area contributed by atoms with Gasteiger partial charge in [0.25, 0.3) is 0 Å². The second kappa shape index (κ2) is 6.76. The number of halogens is 1. The molecule has 18 heavy (non-hydrogen) atoms. The quantitative estimate of drug-likeness (QED) is 0.863. The first-order valence-corrected chi connectivity index (χ1v) is 6.38. The Balaban J connectivity index is 2.77. The van der Waals surface area contributed by atoms with Gasteiger partial charge in [-0.25, -0.2) is 4.79 Å². The van der Waals surface area contributed by atoms with E-state index in [0.29, 0.717) is 24.0 Å². The van der Waals surface area contributed by atoms with Gasteiger partial charge in [-0.15, -0.1) is 0 Å². The number of carboxylic acid groups (broad SMARTS) is 1. The van der Waals surface area contributed by atoms with Gasteiger partial charge in [-0.05, 0) is 30.0 Å². The molecule has 1 N–H and O–H groups in total. The molecule has 0 unspecified atom stereocenters. The van der Waals surface area contributed by atoms with Crippen LogP contribution in [0.1, 0.15) is 25.0 Å². The molecule has 1 atom stereocenters. The highest BCUT2D eigenvalue weighted by atomic mass is 35.5. The molecule has 1 aromatic rings. The van der Waals surface area contributed by atoms with Gasteiger partial charge in [0.2, 0.25) is 0 Å². The van der Waals surface area contributed by atoms with Gasteiger partial charge in [-0.1, -0.05) is 37.6 Å². The number of benzene rings is 1. The number of hydrogen-bond donors (Lipinski definition) is 1. The Bertz CT molecular complexity index is 416. The van der Waals surface area contributed by atoms with Gasteiger partial charge in [0, 0.05) is 11.4 Å². The van der Waals surface area contributed by atoms with Crippen molar-refractivity contribution in [1.82, 2.24) is 0 Å². The van der Waals surface area contributed by atoms with E-state index in [2.05, 4.69) is 0 Å². The second-order valence-electron chi connectivity index (χ2n) is 4.78. The van der Waals surface area contributed by atoms with E-state index in [4.69, 9.17) is 21.4 Å². The van der Waals surface area contributed by atoms with E-state index in [-0.39, 0.29) is 0 Å². The van der Waals surface area contributed by atoms with Crippen LogP contribution >= 0.6 is 11.6 Å². The van der Waals surface area contributed by atoms with Gasteiger partial charge < -0.3 is 9.84 Å². The summed E-state index contributed by atoms with van der Waals surface area (Å²) < 4.78 is 5.42. The molecule has 1 rings (SSSR count). The van der Waals surface area contributed by atoms with E-state index < -0.39 is 12.1 Å². The first-order valence-electron chi connectivity index (χ1n) is 6.00. The van der Waals surface area contributed by atoms with E-state index in [1.54, 1.807) is 6.07 Å². The summed E-state index contributed by atoms with van der Waals surface area (Å²) >= 11 is 6.02. The minimum atomic E-state index is -0.935. The second-order valence-corrected chi connectivity index (χ2v) is 5.19. The SMILES string of the molecule is Cc1c(Cl)cccc1C[C@H](OCC(C)C)C(=O)O. The number of rotatable bonds is 6. The predicted octanol–water partition coefficient (Wildman–Crippen LogP) is 3.32. The largest absolute Gasteiger partial charge is 0.479 e. The molecule has 0 bridgehead atoms. The molecule has 4 heteroatoms. The van der Waals surface area contributed by atoms with Crippen LogP contribution < -0.4 is 0 Å².